The van der Waals surface area contributed by atoms with Gasteiger partial charge in [0.25, 0.3) is 5.91 Å². The predicted molar refractivity (Wildman–Crippen MR) is 75.0 cm³/mol. The molecule has 0 saturated heterocycles. The summed E-state index contributed by atoms with van der Waals surface area (Å²) in [6, 6.07) is 10.5. The Kier molecular flexibility index (Phi) is 4.02. The number of rotatable bonds is 3. The molecule has 2 rings (SSSR count). The molecule has 98 valence electrons. The van der Waals surface area contributed by atoms with Crippen molar-refractivity contribution < 1.29 is 9.53 Å². The molecule has 1 aromatic carbocycles. The number of halogens is 1. The van der Waals surface area contributed by atoms with Crippen molar-refractivity contribution in [2.24, 2.45) is 0 Å². The lowest BCUT2D eigenvalue weighted by molar-refractivity contribution is 0.0993. The number of carbonyl (C=O) groups is 1. The summed E-state index contributed by atoms with van der Waals surface area (Å²) >= 11 is 5.79. The largest absolute Gasteiger partial charge is 0.497 e. The lowest BCUT2D eigenvalue weighted by atomic mass is 10.2. The fourth-order valence-electron chi connectivity index (χ4n) is 1.67. The molecule has 0 atom stereocenters. The van der Waals surface area contributed by atoms with Crippen molar-refractivity contribution in [3.8, 4) is 5.75 Å². The Morgan fingerprint density at radius 2 is 2.11 bits per heavy atom. The fourth-order valence-corrected chi connectivity index (χ4v) is 1.84. The highest BCUT2D eigenvalue weighted by atomic mass is 35.5. The summed E-state index contributed by atoms with van der Waals surface area (Å²) in [6.07, 6.45) is 1.51. The van der Waals surface area contributed by atoms with Gasteiger partial charge in [0.15, 0.2) is 0 Å². The second kappa shape index (κ2) is 5.71. The highest BCUT2D eigenvalue weighted by Gasteiger charge is 2.14. The number of ether oxygens (including phenoxy) is 1. The molecule has 2 aromatic rings. The van der Waals surface area contributed by atoms with E-state index in [0.717, 1.165) is 5.69 Å². The number of hydrogen-bond donors (Lipinski definition) is 0. The molecule has 0 aliphatic carbocycles. The van der Waals surface area contributed by atoms with Crippen LogP contribution in [0.5, 0.6) is 5.75 Å². The third-order valence-corrected chi connectivity index (χ3v) is 2.93. The number of anilines is 1. The van der Waals surface area contributed by atoms with E-state index in [1.807, 2.05) is 18.2 Å². The summed E-state index contributed by atoms with van der Waals surface area (Å²) in [5.41, 5.74) is 1.24. The highest BCUT2D eigenvalue weighted by molar-refractivity contribution is 6.29. The van der Waals surface area contributed by atoms with E-state index in [-0.39, 0.29) is 5.91 Å². The van der Waals surface area contributed by atoms with E-state index in [1.54, 1.807) is 32.4 Å². The zero-order chi connectivity index (χ0) is 13.8. The highest BCUT2D eigenvalue weighted by Crippen LogP contribution is 2.21. The molecule has 0 aliphatic rings. The van der Waals surface area contributed by atoms with Crippen molar-refractivity contribution in [3.63, 3.8) is 0 Å². The van der Waals surface area contributed by atoms with E-state index in [4.69, 9.17) is 16.3 Å². The molecular weight excluding hydrogens is 264 g/mol. The first kappa shape index (κ1) is 13.4. The average molecular weight is 277 g/mol. The zero-order valence-electron chi connectivity index (χ0n) is 10.6. The summed E-state index contributed by atoms with van der Waals surface area (Å²) in [6.45, 7) is 0. The van der Waals surface area contributed by atoms with E-state index in [0.29, 0.717) is 16.5 Å². The van der Waals surface area contributed by atoms with Crippen LogP contribution in [0.4, 0.5) is 5.69 Å². The number of pyridine rings is 1. The van der Waals surface area contributed by atoms with Crippen LogP contribution in [0.1, 0.15) is 10.4 Å². The third-order valence-electron chi connectivity index (χ3n) is 2.72. The molecule has 1 amide bonds. The topological polar surface area (TPSA) is 42.4 Å². The van der Waals surface area contributed by atoms with Crippen molar-refractivity contribution >= 4 is 23.2 Å². The van der Waals surface area contributed by atoms with E-state index in [2.05, 4.69) is 4.98 Å². The number of benzene rings is 1. The molecule has 5 heteroatoms. The van der Waals surface area contributed by atoms with E-state index in [1.165, 1.54) is 11.1 Å². The molecule has 0 spiro atoms. The Morgan fingerprint density at radius 3 is 2.79 bits per heavy atom. The number of carbonyl (C=O) groups excluding carboxylic acids is 1. The van der Waals surface area contributed by atoms with Crippen LogP contribution < -0.4 is 9.64 Å². The van der Waals surface area contributed by atoms with Crippen LogP contribution in [0.2, 0.25) is 5.15 Å². The SMILES string of the molecule is COc1cccc(N(C)C(=O)c2ccnc(Cl)c2)c1. The minimum Gasteiger partial charge on any atom is -0.497 e. The van der Waals surface area contributed by atoms with Crippen LogP contribution >= 0.6 is 11.6 Å². The first-order valence-electron chi connectivity index (χ1n) is 5.65. The molecule has 0 unspecified atom stereocenters. The Balaban J connectivity index is 2.28. The lowest BCUT2D eigenvalue weighted by Gasteiger charge is -2.18. The second-order valence-electron chi connectivity index (χ2n) is 3.93. The molecule has 0 N–H and O–H groups in total. The minimum absolute atomic E-state index is 0.155. The Bertz CT molecular complexity index is 602. The van der Waals surface area contributed by atoms with Crippen molar-refractivity contribution in [2.45, 2.75) is 0 Å². The van der Waals surface area contributed by atoms with E-state index < -0.39 is 0 Å². The Labute approximate surface area is 116 Å². The summed E-state index contributed by atoms with van der Waals surface area (Å²) in [5.74, 6) is 0.544. The van der Waals surface area contributed by atoms with Gasteiger partial charge in [0, 0.05) is 30.6 Å². The van der Waals surface area contributed by atoms with Gasteiger partial charge in [-0.15, -0.1) is 0 Å². The van der Waals surface area contributed by atoms with Gasteiger partial charge in [0.2, 0.25) is 0 Å². The van der Waals surface area contributed by atoms with Gasteiger partial charge in [-0.2, -0.15) is 0 Å². The number of hydrogen-bond acceptors (Lipinski definition) is 3. The molecule has 0 aliphatic heterocycles. The maximum Gasteiger partial charge on any atom is 0.258 e. The molecule has 0 fully saturated rings. The van der Waals surface area contributed by atoms with E-state index in [9.17, 15) is 4.79 Å². The Morgan fingerprint density at radius 1 is 1.32 bits per heavy atom. The molecule has 4 nitrogen and oxygen atoms in total. The fraction of sp³-hybridized carbons (Fsp3) is 0.143. The van der Waals surface area contributed by atoms with Gasteiger partial charge in [0.1, 0.15) is 10.9 Å². The molecule has 0 saturated carbocycles. The minimum atomic E-state index is -0.155. The van der Waals surface area contributed by atoms with Crippen LogP contribution in [0, 0.1) is 0 Å². The summed E-state index contributed by atoms with van der Waals surface area (Å²) in [5, 5.41) is 0.296. The normalized spacial score (nSPS) is 10.1. The van der Waals surface area contributed by atoms with Crippen molar-refractivity contribution in [2.75, 3.05) is 19.1 Å². The number of aromatic nitrogens is 1. The smallest absolute Gasteiger partial charge is 0.258 e. The van der Waals surface area contributed by atoms with Crippen LogP contribution in [-0.4, -0.2) is 25.0 Å². The van der Waals surface area contributed by atoms with Crippen LogP contribution in [0.25, 0.3) is 0 Å². The van der Waals surface area contributed by atoms with Gasteiger partial charge >= 0.3 is 0 Å². The standard InChI is InChI=1S/C14H13ClN2O2/c1-17(11-4-3-5-12(9-11)19-2)14(18)10-6-7-16-13(15)8-10/h3-9H,1-2H3. The lowest BCUT2D eigenvalue weighted by Crippen LogP contribution is -2.26. The van der Waals surface area contributed by atoms with E-state index >= 15 is 0 Å². The number of methoxy groups -OCH3 is 1. The molecule has 1 heterocycles. The van der Waals surface area contributed by atoms with Gasteiger partial charge in [0.05, 0.1) is 7.11 Å². The summed E-state index contributed by atoms with van der Waals surface area (Å²) in [4.78, 5) is 17.7. The number of amides is 1. The maximum absolute atomic E-state index is 12.3. The summed E-state index contributed by atoms with van der Waals surface area (Å²) in [7, 11) is 3.29. The second-order valence-corrected chi connectivity index (χ2v) is 4.32. The molecular formula is C14H13ClN2O2. The first-order valence-corrected chi connectivity index (χ1v) is 6.03. The van der Waals surface area contributed by atoms with Crippen molar-refractivity contribution in [1.29, 1.82) is 0 Å². The van der Waals surface area contributed by atoms with Gasteiger partial charge in [-0.1, -0.05) is 17.7 Å². The van der Waals surface area contributed by atoms with Gasteiger partial charge < -0.3 is 9.64 Å². The zero-order valence-corrected chi connectivity index (χ0v) is 11.4. The first-order chi connectivity index (χ1) is 9.11. The quantitative estimate of drug-likeness (QED) is 0.809. The number of nitrogens with zero attached hydrogens (tertiary/aromatic N) is 2. The predicted octanol–water partition coefficient (Wildman–Crippen LogP) is 3.02. The molecule has 0 bridgehead atoms. The summed E-state index contributed by atoms with van der Waals surface area (Å²) < 4.78 is 5.14. The van der Waals surface area contributed by atoms with Crippen LogP contribution in [0.3, 0.4) is 0 Å². The average Bonchev–Trinajstić information content (AvgIpc) is 2.45. The van der Waals surface area contributed by atoms with Crippen LogP contribution in [0.15, 0.2) is 42.6 Å². The monoisotopic (exact) mass is 276 g/mol. The van der Waals surface area contributed by atoms with Crippen molar-refractivity contribution in [1.82, 2.24) is 4.98 Å². The maximum atomic E-state index is 12.3. The third kappa shape index (κ3) is 3.03. The molecule has 0 radical (unpaired) electrons. The molecule has 1 aromatic heterocycles. The van der Waals surface area contributed by atoms with Crippen molar-refractivity contribution in [3.05, 3.63) is 53.3 Å². The van der Waals surface area contributed by atoms with Crippen LogP contribution in [-0.2, 0) is 0 Å². The molecule has 19 heavy (non-hydrogen) atoms. The van der Waals surface area contributed by atoms with Gasteiger partial charge in [-0.3, -0.25) is 4.79 Å². The Hall–Kier alpha value is -2.07. The van der Waals surface area contributed by atoms with Gasteiger partial charge in [-0.05, 0) is 24.3 Å². The van der Waals surface area contributed by atoms with Gasteiger partial charge in [-0.25, -0.2) is 4.98 Å².